The number of nitrogens with zero attached hydrogens (tertiary/aromatic N) is 1. The van der Waals surface area contributed by atoms with Crippen LogP contribution in [0.3, 0.4) is 0 Å². The maximum Gasteiger partial charge on any atom is 0.190 e. The third-order valence-corrected chi connectivity index (χ3v) is 3.22. The molecule has 0 radical (unpaired) electrons. The van der Waals surface area contributed by atoms with Crippen LogP contribution in [0.5, 0.6) is 11.5 Å². The van der Waals surface area contributed by atoms with Crippen molar-refractivity contribution in [2.75, 3.05) is 34.4 Å². The first-order valence-electron chi connectivity index (χ1n) is 7.40. The summed E-state index contributed by atoms with van der Waals surface area (Å²) < 4.78 is 10.6. The first kappa shape index (κ1) is 20.8. The molecule has 0 heterocycles. The van der Waals surface area contributed by atoms with Crippen molar-refractivity contribution in [1.29, 1.82) is 0 Å². The van der Waals surface area contributed by atoms with Crippen LogP contribution < -0.4 is 20.1 Å². The van der Waals surface area contributed by atoms with E-state index in [4.69, 9.17) is 9.47 Å². The highest BCUT2D eigenvalue weighted by molar-refractivity contribution is 14.0. The van der Waals surface area contributed by atoms with Crippen molar-refractivity contribution < 1.29 is 9.47 Å². The van der Waals surface area contributed by atoms with Crippen LogP contribution in [-0.2, 0) is 6.42 Å². The number of rotatable bonds is 8. The number of hydrogen-bond donors (Lipinski definition) is 2. The van der Waals surface area contributed by atoms with Gasteiger partial charge in [0.05, 0.1) is 14.2 Å². The van der Waals surface area contributed by atoms with Gasteiger partial charge in [-0.1, -0.05) is 13.3 Å². The molecule has 1 aromatic carbocycles. The zero-order chi connectivity index (χ0) is 15.5. The normalized spacial score (nSPS) is 10.6. The van der Waals surface area contributed by atoms with E-state index in [-0.39, 0.29) is 24.0 Å². The predicted molar refractivity (Wildman–Crippen MR) is 103 cm³/mol. The van der Waals surface area contributed by atoms with E-state index < -0.39 is 0 Å². The third kappa shape index (κ3) is 7.20. The molecule has 0 spiro atoms. The molecule has 0 aliphatic carbocycles. The topological polar surface area (TPSA) is 54.9 Å². The summed E-state index contributed by atoms with van der Waals surface area (Å²) in [5.41, 5.74) is 1.12. The molecule has 0 aromatic heterocycles. The Bertz CT molecular complexity index is 453. The molecule has 1 rings (SSSR count). The molecular formula is C16H28IN3O2. The van der Waals surface area contributed by atoms with E-state index in [0.717, 1.165) is 49.0 Å². The Hall–Kier alpha value is -1.18. The molecule has 0 aliphatic heterocycles. The second kappa shape index (κ2) is 12.4. The number of halogens is 1. The molecule has 0 saturated heterocycles. The van der Waals surface area contributed by atoms with Gasteiger partial charge in [-0.2, -0.15) is 0 Å². The minimum Gasteiger partial charge on any atom is -0.497 e. The molecule has 6 heteroatoms. The zero-order valence-corrected chi connectivity index (χ0v) is 16.3. The summed E-state index contributed by atoms with van der Waals surface area (Å²) in [5.74, 6) is 2.56. The lowest BCUT2D eigenvalue weighted by atomic mass is 10.1. The summed E-state index contributed by atoms with van der Waals surface area (Å²) in [7, 11) is 5.14. The molecule has 126 valence electrons. The second-order valence-corrected chi connectivity index (χ2v) is 4.71. The van der Waals surface area contributed by atoms with Gasteiger partial charge in [-0.15, -0.1) is 24.0 Å². The van der Waals surface area contributed by atoms with Crippen LogP contribution in [0.25, 0.3) is 0 Å². The van der Waals surface area contributed by atoms with Gasteiger partial charge in [0.15, 0.2) is 5.96 Å². The number of hydrogen-bond acceptors (Lipinski definition) is 3. The van der Waals surface area contributed by atoms with Gasteiger partial charge in [0.1, 0.15) is 11.5 Å². The molecule has 0 aliphatic rings. The predicted octanol–water partition coefficient (Wildman–Crippen LogP) is 2.83. The number of guanidine groups is 1. The molecule has 1 aromatic rings. The smallest absolute Gasteiger partial charge is 0.190 e. The summed E-state index contributed by atoms with van der Waals surface area (Å²) in [6.45, 7) is 3.90. The summed E-state index contributed by atoms with van der Waals surface area (Å²) in [5, 5.41) is 6.60. The summed E-state index contributed by atoms with van der Waals surface area (Å²) in [6, 6.07) is 5.84. The first-order chi connectivity index (χ1) is 10.2. The molecular weight excluding hydrogens is 393 g/mol. The molecule has 5 nitrogen and oxygen atoms in total. The van der Waals surface area contributed by atoms with E-state index in [1.54, 1.807) is 21.3 Å². The quantitative estimate of drug-likeness (QED) is 0.294. The summed E-state index contributed by atoms with van der Waals surface area (Å²) in [4.78, 5) is 4.21. The Kier molecular flexibility index (Phi) is 11.7. The van der Waals surface area contributed by atoms with E-state index in [9.17, 15) is 0 Å². The molecule has 22 heavy (non-hydrogen) atoms. The van der Waals surface area contributed by atoms with Gasteiger partial charge in [0.25, 0.3) is 0 Å². The maximum absolute atomic E-state index is 5.38. The fourth-order valence-electron chi connectivity index (χ4n) is 2.00. The van der Waals surface area contributed by atoms with Crippen molar-refractivity contribution in [3.8, 4) is 11.5 Å². The molecule has 0 fully saturated rings. The van der Waals surface area contributed by atoms with Crippen molar-refractivity contribution >= 4 is 29.9 Å². The van der Waals surface area contributed by atoms with E-state index in [0.29, 0.717) is 0 Å². The van der Waals surface area contributed by atoms with Crippen LogP contribution in [0.2, 0.25) is 0 Å². The van der Waals surface area contributed by atoms with Crippen LogP contribution in [0.4, 0.5) is 0 Å². The number of methoxy groups -OCH3 is 2. The SMILES string of the molecule is CCCCNC(=NC)NCCc1cc(OC)ccc1OC.I. The lowest BCUT2D eigenvalue weighted by Gasteiger charge is -2.13. The van der Waals surface area contributed by atoms with E-state index in [1.807, 2.05) is 18.2 Å². The Morgan fingerprint density at radius 3 is 2.45 bits per heavy atom. The molecule has 0 unspecified atom stereocenters. The van der Waals surface area contributed by atoms with Gasteiger partial charge in [0, 0.05) is 20.1 Å². The van der Waals surface area contributed by atoms with Crippen LogP contribution in [0, 0.1) is 0 Å². The van der Waals surface area contributed by atoms with Crippen molar-refractivity contribution in [3.63, 3.8) is 0 Å². The minimum atomic E-state index is 0. The number of nitrogens with one attached hydrogen (secondary N) is 2. The lowest BCUT2D eigenvalue weighted by molar-refractivity contribution is 0.398. The fourth-order valence-corrected chi connectivity index (χ4v) is 2.00. The Morgan fingerprint density at radius 2 is 1.86 bits per heavy atom. The van der Waals surface area contributed by atoms with Gasteiger partial charge in [0.2, 0.25) is 0 Å². The zero-order valence-electron chi connectivity index (χ0n) is 13.9. The summed E-state index contributed by atoms with van der Waals surface area (Å²) >= 11 is 0. The Morgan fingerprint density at radius 1 is 1.14 bits per heavy atom. The third-order valence-electron chi connectivity index (χ3n) is 3.22. The van der Waals surface area contributed by atoms with Gasteiger partial charge >= 0.3 is 0 Å². The standard InChI is InChI=1S/C16H27N3O2.HI/c1-5-6-10-18-16(17-2)19-11-9-13-12-14(20-3)7-8-15(13)21-4;/h7-8,12H,5-6,9-11H2,1-4H3,(H2,17,18,19);1H. The number of aliphatic imine (C=N–C) groups is 1. The van der Waals surface area contributed by atoms with Crippen LogP contribution in [-0.4, -0.2) is 40.3 Å². The van der Waals surface area contributed by atoms with Gasteiger partial charge in [-0.05, 0) is 36.6 Å². The molecule has 0 atom stereocenters. The highest BCUT2D eigenvalue weighted by Gasteiger charge is 2.05. The average Bonchev–Trinajstić information content (AvgIpc) is 2.53. The molecule has 0 bridgehead atoms. The molecule has 2 N–H and O–H groups in total. The molecule has 0 amide bonds. The monoisotopic (exact) mass is 421 g/mol. The van der Waals surface area contributed by atoms with Crippen LogP contribution >= 0.6 is 24.0 Å². The van der Waals surface area contributed by atoms with Crippen molar-refractivity contribution in [2.45, 2.75) is 26.2 Å². The van der Waals surface area contributed by atoms with Crippen molar-refractivity contribution in [2.24, 2.45) is 4.99 Å². The van der Waals surface area contributed by atoms with Crippen LogP contribution in [0.15, 0.2) is 23.2 Å². The van der Waals surface area contributed by atoms with Crippen molar-refractivity contribution in [1.82, 2.24) is 10.6 Å². The lowest BCUT2D eigenvalue weighted by Crippen LogP contribution is -2.38. The molecule has 0 saturated carbocycles. The largest absolute Gasteiger partial charge is 0.497 e. The Labute approximate surface area is 150 Å². The van der Waals surface area contributed by atoms with E-state index in [1.165, 1.54) is 6.42 Å². The highest BCUT2D eigenvalue weighted by Crippen LogP contribution is 2.23. The number of benzene rings is 1. The number of unbranched alkanes of at least 4 members (excludes halogenated alkanes) is 1. The van der Waals surface area contributed by atoms with E-state index >= 15 is 0 Å². The maximum atomic E-state index is 5.38. The minimum absolute atomic E-state index is 0. The van der Waals surface area contributed by atoms with E-state index in [2.05, 4.69) is 22.5 Å². The van der Waals surface area contributed by atoms with Crippen LogP contribution in [0.1, 0.15) is 25.3 Å². The fraction of sp³-hybridized carbons (Fsp3) is 0.562. The van der Waals surface area contributed by atoms with Crippen molar-refractivity contribution in [3.05, 3.63) is 23.8 Å². The van der Waals surface area contributed by atoms with Gasteiger partial charge in [-0.3, -0.25) is 4.99 Å². The first-order valence-corrected chi connectivity index (χ1v) is 7.40. The van der Waals surface area contributed by atoms with Gasteiger partial charge < -0.3 is 20.1 Å². The Balaban J connectivity index is 0.00000441. The second-order valence-electron chi connectivity index (χ2n) is 4.71. The highest BCUT2D eigenvalue weighted by atomic mass is 127. The summed E-state index contributed by atoms with van der Waals surface area (Å²) in [6.07, 6.45) is 3.16. The average molecular weight is 421 g/mol. The van der Waals surface area contributed by atoms with Gasteiger partial charge in [-0.25, -0.2) is 0 Å². The number of ether oxygens (including phenoxy) is 2.